The molecular weight excluding hydrogens is 388 g/mol. The average molecular weight is 406 g/mol. The summed E-state index contributed by atoms with van der Waals surface area (Å²) in [4.78, 5) is 25.5. The molecule has 0 unspecified atom stereocenters. The number of nitrogens with one attached hydrogen (secondary N) is 1. The first-order valence-corrected chi connectivity index (χ1v) is 10.5. The van der Waals surface area contributed by atoms with Crippen LogP contribution in [0.2, 0.25) is 0 Å². The molecule has 1 N–H and O–H groups in total. The third-order valence-electron chi connectivity index (χ3n) is 4.86. The number of carbonyl (C=O) groups excluding carboxylic acids is 2. The first kappa shape index (κ1) is 18.9. The summed E-state index contributed by atoms with van der Waals surface area (Å²) in [5, 5.41) is 2.77. The normalized spacial score (nSPS) is 15.6. The Balaban J connectivity index is 1.64. The molecule has 2 amide bonds. The van der Waals surface area contributed by atoms with Gasteiger partial charge in [0.25, 0.3) is 15.9 Å². The summed E-state index contributed by atoms with van der Waals surface area (Å²) in [5.41, 5.74) is 2.33. The minimum Gasteiger partial charge on any atom is -0.324 e. The fourth-order valence-electron chi connectivity index (χ4n) is 3.39. The molecule has 3 aromatic rings. The molecule has 0 bridgehead atoms. The van der Waals surface area contributed by atoms with Crippen molar-refractivity contribution in [2.45, 2.75) is 17.9 Å². The number of nitrogens with zero attached hydrogens (tertiary/aromatic N) is 1. The molecule has 0 saturated carbocycles. The highest BCUT2D eigenvalue weighted by Gasteiger charge is 2.45. The summed E-state index contributed by atoms with van der Waals surface area (Å²) in [6.45, 7) is 1.40. The van der Waals surface area contributed by atoms with E-state index in [9.17, 15) is 18.0 Å². The number of fused-ring (bicyclic) bond motifs is 1. The number of anilines is 1. The van der Waals surface area contributed by atoms with Gasteiger partial charge in [0.05, 0.1) is 5.56 Å². The Hall–Kier alpha value is -3.45. The van der Waals surface area contributed by atoms with Crippen LogP contribution in [0.4, 0.5) is 5.69 Å². The molecule has 3 aromatic carbocycles. The van der Waals surface area contributed by atoms with Gasteiger partial charge in [-0.1, -0.05) is 60.7 Å². The summed E-state index contributed by atoms with van der Waals surface area (Å²) in [5.74, 6) is -1.28. The highest BCUT2D eigenvalue weighted by molar-refractivity contribution is 7.90. The molecule has 4 rings (SSSR count). The van der Waals surface area contributed by atoms with Gasteiger partial charge in [-0.15, -0.1) is 0 Å². The van der Waals surface area contributed by atoms with Gasteiger partial charge in [-0.2, -0.15) is 0 Å². The molecule has 6 nitrogen and oxygen atoms in total. The minimum absolute atomic E-state index is 0.0747. The Morgan fingerprint density at radius 3 is 2.14 bits per heavy atom. The molecule has 1 heterocycles. The predicted octanol–water partition coefficient (Wildman–Crippen LogP) is 3.53. The van der Waals surface area contributed by atoms with E-state index in [2.05, 4.69) is 5.32 Å². The zero-order valence-electron chi connectivity index (χ0n) is 15.6. The van der Waals surface area contributed by atoms with E-state index in [1.807, 2.05) is 42.5 Å². The lowest BCUT2D eigenvalue weighted by Crippen LogP contribution is -2.45. The van der Waals surface area contributed by atoms with Crippen LogP contribution in [0.3, 0.4) is 0 Å². The molecular formula is C22H18N2O4S. The molecule has 0 spiro atoms. The second kappa shape index (κ2) is 7.18. The van der Waals surface area contributed by atoms with Gasteiger partial charge in [0.2, 0.25) is 5.91 Å². The molecule has 0 fully saturated rings. The van der Waals surface area contributed by atoms with Crippen molar-refractivity contribution in [3.05, 3.63) is 84.4 Å². The van der Waals surface area contributed by atoms with Crippen LogP contribution in [0, 0.1) is 0 Å². The maximum atomic E-state index is 12.9. The maximum absolute atomic E-state index is 12.9. The largest absolute Gasteiger partial charge is 0.324 e. The number of sulfonamides is 1. The van der Waals surface area contributed by atoms with E-state index in [4.69, 9.17) is 0 Å². The maximum Gasteiger partial charge on any atom is 0.269 e. The van der Waals surface area contributed by atoms with E-state index in [0.29, 0.717) is 9.99 Å². The number of hydrogen-bond acceptors (Lipinski definition) is 4. The van der Waals surface area contributed by atoms with Gasteiger partial charge in [0, 0.05) is 11.3 Å². The second-order valence-electron chi connectivity index (χ2n) is 6.68. The van der Waals surface area contributed by atoms with Crippen molar-refractivity contribution in [1.82, 2.24) is 4.31 Å². The van der Waals surface area contributed by atoms with Crippen molar-refractivity contribution in [3.8, 4) is 11.1 Å². The number of para-hydroxylation sites is 1. The molecule has 1 aliphatic heterocycles. The van der Waals surface area contributed by atoms with Gasteiger partial charge in [0.15, 0.2) is 0 Å². The third-order valence-corrected chi connectivity index (χ3v) is 6.77. The van der Waals surface area contributed by atoms with Gasteiger partial charge < -0.3 is 5.32 Å². The standard InChI is InChI=1S/C22H18N2O4S/c1-15(24-22(26)18-12-6-8-14-20(18)29(24,27)28)21(25)23-19-13-7-5-11-17(19)16-9-3-2-4-10-16/h2-15H,1H3,(H,23,25)/t15-/m1/s1. The van der Waals surface area contributed by atoms with Crippen molar-refractivity contribution in [3.63, 3.8) is 0 Å². The van der Waals surface area contributed by atoms with Crippen molar-refractivity contribution in [1.29, 1.82) is 0 Å². The Kier molecular flexibility index (Phi) is 4.68. The van der Waals surface area contributed by atoms with Crippen molar-refractivity contribution in [2.24, 2.45) is 0 Å². The molecule has 0 aromatic heterocycles. The van der Waals surface area contributed by atoms with E-state index < -0.39 is 27.9 Å². The molecule has 0 radical (unpaired) electrons. The van der Waals surface area contributed by atoms with Crippen LogP contribution in [0.25, 0.3) is 11.1 Å². The molecule has 29 heavy (non-hydrogen) atoms. The van der Waals surface area contributed by atoms with Crippen molar-refractivity contribution >= 4 is 27.5 Å². The van der Waals surface area contributed by atoms with Crippen LogP contribution in [0.1, 0.15) is 17.3 Å². The molecule has 1 aliphatic rings. The molecule has 7 heteroatoms. The summed E-state index contributed by atoms with van der Waals surface area (Å²) >= 11 is 0. The Morgan fingerprint density at radius 2 is 1.45 bits per heavy atom. The average Bonchev–Trinajstić information content (AvgIpc) is 2.94. The van der Waals surface area contributed by atoms with Crippen LogP contribution in [-0.4, -0.2) is 30.6 Å². The van der Waals surface area contributed by atoms with Crippen LogP contribution in [-0.2, 0) is 14.8 Å². The monoisotopic (exact) mass is 406 g/mol. The number of hydrogen-bond donors (Lipinski definition) is 1. The highest BCUT2D eigenvalue weighted by Crippen LogP contribution is 2.33. The van der Waals surface area contributed by atoms with Gasteiger partial charge in [0.1, 0.15) is 10.9 Å². The highest BCUT2D eigenvalue weighted by atomic mass is 32.2. The van der Waals surface area contributed by atoms with Gasteiger partial charge >= 0.3 is 0 Å². The van der Waals surface area contributed by atoms with Crippen molar-refractivity contribution < 1.29 is 18.0 Å². The second-order valence-corrected chi connectivity index (χ2v) is 8.46. The van der Waals surface area contributed by atoms with E-state index >= 15 is 0 Å². The van der Waals surface area contributed by atoms with E-state index in [-0.39, 0.29) is 10.5 Å². The summed E-state index contributed by atoms with van der Waals surface area (Å²) in [6.07, 6.45) is 0. The fourth-order valence-corrected chi connectivity index (χ4v) is 5.12. The lowest BCUT2D eigenvalue weighted by Gasteiger charge is -2.23. The van der Waals surface area contributed by atoms with Gasteiger partial charge in [-0.3, -0.25) is 9.59 Å². The van der Waals surface area contributed by atoms with Gasteiger partial charge in [-0.05, 0) is 30.7 Å². The topological polar surface area (TPSA) is 83.6 Å². The molecule has 146 valence electrons. The fraction of sp³-hybridized carbons (Fsp3) is 0.0909. The van der Waals surface area contributed by atoms with Crippen LogP contribution >= 0.6 is 0 Å². The third kappa shape index (κ3) is 3.19. The van der Waals surface area contributed by atoms with Crippen LogP contribution in [0.5, 0.6) is 0 Å². The zero-order valence-corrected chi connectivity index (χ0v) is 16.4. The number of rotatable bonds is 4. The lowest BCUT2D eigenvalue weighted by atomic mass is 10.0. The summed E-state index contributed by atoms with van der Waals surface area (Å²) in [7, 11) is -4.07. The molecule has 1 atom stereocenters. The smallest absolute Gasteiger partial charge is 0.269 e. The first-order chi connectivity index (χ1) is 13.9. The molecule has 0 saturated heterocycles. The van der Waals surface area contributed by atoms with Crippen molar-refractivity contribution in [2.75, 3.05) is 5.32 Å². The number of carbonyl (C=O) groups is 2. The summed E-state index contributed by atoms with van der Waals surface area (Å²) < 4.78 is 26.3. The predicted molar refractivity (Wildman–Crippen MR) is 110 cm³/mol. The van der Waals surface area contributed by atoms with Crippen LogP contribution < -0.4 is 5.32 Å². The van der Waals surface area contributed by atoms with Gasteiger partial charge in [-0.25, -0.2) is 12.7 Å². The summed E-state index contributed by atoms with van der Waals surface area (Å²) in [6, 6.07) is 21.5. The zero-order chi connectivity index (χ0) is 20.6. The number of benzene rings is 3. The van der Waals surface area contributed by atoms with E-state index in [0.717, 1.165) is 11.1 Å². The van der Waals surface area contributed by atoms with E-state index in [1.165, 1.54) is 19.1 Å². The number of amides is 2. The Labute approximate surface area is 168 Å². The molecule has 0 aliphatic carbocycles. The quantitative estimate of drug-likeness (QED) is 0.719. The SMILES string of the molecule is C[C@H](C(=O)Nc1ccccc1-c1ccccc1)N1C(=O)c2ccccc2S1(=O)=O. The van der Waals surface area contributed by atoms with Crippen LogP contribution in [0.15, 0.2) is 83.8 Å². The van der Waals surface area contributed by atoms with E-state index in [1.54, 1.807) is 24.3 Å². The Morgan fingerprint density at radius 1 is 0.862 bits per heavy atom. The first-order valence-electron chi connectivity index (χ1n) is 9.04. The lowest BCUT2D eigenvalue weighted by molar-refractivity contribution is -0.118. The minimum atomic E-state index is -4.07. The Bertz CT molecular complexity index is 1210.